The maximum atomic E-state index is 13.4. The van der Waals surface area contributed by atoms with E-state index in [9.17, 15) is 8.78 Å². The van der Waals surface area contributed by atoms with Gasteiger partial charge in [0.05, 0.1) is 23.8 Å². The first-order chi connectivity index (χ1) is 9.68. The lowest BCUT2D eigenvalue weighted by molar-refractivity contribution is 0.00578. The van der Waals surface area contributed by atoms with Crippen LogP contribution in [0.25, 0.3) is 5.47 Å². The van der Waals surface area contributed by atoms with E-state index in [1.165, 1.54) is 7.11 Å². The molecular weight excluding hydrogens is 277 g/mol. The number of hydrogen-bond donors (Lipinski definition) is 0. The van der Waals surface area contributed by atoms with E-state index in [4.69, 9.17) is 14.0 Å². The van der Waals surface area contributed by atoms with E-state index >= 15 is 0 Å². The van der Waals surface area contributed by atoms with Gasteiger partial charge in [0.1, 0.15) is 5.75 Å². The Kier molecular flexibility index (Phi) is 4.13. The van der Waals surface area contributed by atoms with Gasteiger partial charge < -0.3 is 14.0 Å². The Morgan fingerprint density at radius 1 is 1.00 bits per heavy atom. The molecule has 1 aliphatic rings. The van der Waals surface area contributed by atoms with Gasteiger partial charge in [-0.05, 0) is 45.4 Å². The number of ether oxygens (including phenoxy) is 1. The van der Waals surface area contributed by atoms with Crippen molar-refractivity contribution in [2.45, 2.75) is 38.9 Å². The van der Waals surface area contributed by atoms with Gasteiger partial charge in [-0.2, -0.15) is 8.78 Å². The van der Waals surface area contributed by atoms with Crippen molar-refractivity contribution in [3.8, 4) is 5.75 Å². The van der Waals surface area contributed by atoms with Gasteiger partial charge in [0.15, 0.2) is 0 Å². The van der Waals surface area contributed by atoms with Crippen LogP contribution in [0.2, 0.25) is 0 Å². The monoisotopic (exact) mass is 296 g/mol. The highest BCUT2D eigenvalue weighted by molar-refractivity contribution is 6.69. The maximum Gasteiger partial charge on any atom is 0.501 e. The number of hydrogen-bond acceptors (Lipinski definition) is 3. The van der Waals surface area contributed by atoms with Gasteiger partial charge in [0, 0.05) is 0 Å². The minimum Gasteiger partial charge on any atom is -0.497 e. The lowest BCUT2D eigenvalue weighted by Crippen LogP contribution is -2.41. The van der Waals surface area contributed by atoms with Gasteiger partial charge in [-0.3, -0.25) is 0 Å². The van der Waals surface area contributed by atoms with Crippen LogP contribution >= 0.6 is 0 Å². The van der Waals surface area contributed by atoms with E-state index in [0.717, 1.165) is 0 Å². The molecule has 1 fully saturated rings. The quantitative estimate of drug-likeness (QED) is 0.791. The van der Waals surface area contributed by atoms with Crippen molar-refractivity contribution in [1.82, 2.24) is 0 Å². The molecule has 0 spiro atoms. The second-order valence-corrected chi connectivity index (χ2v) is 5.99. The van der Waals surface area contributed by atoms with Gasteiger partial charge in [-0.15, -0.1) is 0 Å². The number of methoxy groups -OCH3 is 1. The molecule has 1 saturated heterocycles. The zero-order valence-electron chi connectivity index (χ0n) is 12.9. The standard InChI is InChI=1S/C15H19BF2O3/c1-14(2)15(3,4)21-16(20-14)12(13(17)18)10-6-8-11(19-5)9-7-10/h6-9H,1-5H3. The van der Waals surface area contributed by atoms with Crippen LogP contribution in [0.4, 0.5) is 8.78 Å². The first-order valence-electron chi connectivity index (χ1n) is 6.73. The molecule has 0 amide bonds. The summed E-state index contributed by atoms with van der Waals surface area (Å²) in [5.41, 5.74) is -1.21. The van der Waals surface area contributed by atoms with Gasteiger partial charge in [-0.1, -0.05) is 12.1 Å². The number of rotatable bonds is 3. The molecule has 0 bridgehead atoms. The molecule has 0 saturated carbocycles. The average Bonchev–Trinajstić information content (AvgIpc) is 2.58. The molecule has 3 nitrogen and oxygen atoms in total. The van der Waals surface area contributed by atoms with E-state index in [1.54, 1.807) is 24.3 Å². The third-order valence-corrected chi connectivity index (χ3v) is 4.09. The summed E-state index contributed by atoms with van der Waals surface area (Å²) in [4.78, 5) is 0. The van der Waals surface area contributed by atoms with E-state index in [0.29, 0.717) is 11.3 Å². The van der Waals surface area contributed by atoms with E-state index < -0.39 is 24.4 Å². The van der Waals surface area contributed by atoms with Crippen LogP contribution in [0.3, 0.4) is 0 Å². The Morgan fingerprint density at radius 3 is 1.86 bits per heavy atom. The van der Waals surface area contributed by atoms with Crippen LogP contribution in [-0.2, 0) is 9.31 Å². The number of benzene rings is 1. The molecule has 1 aliphatic heterocycles. The summed E-state index contributed by atoms with van der Waals surface area (Å²) < 4.78 is 43.3. The van der Waals surface area contributed by atoms with Crippen molar-refractivity contribution < 1.29 is 22.8 Å². The Balaban J connectivity index is 2.36. The molecule has 0 atom stereocenters. The van der Waals surface area contributed by atoms with Crippen molar-refractivity contribution in [1.29, 1.82) is 0 Å². The summed E-state index contributed by atoms with van der Waals surface area (Å²) in [6.07, 6.45) is -1.81. The zero-order chi connectivity index (χ0) is 15.8. The molecular formula is C15H19BF2O3. The topological polar surface area (TPSA) is 27.7 Å². The van der Waals surface area contributed by atoms with Crippen molar-refractivity contribution >= 4 is 12.6 Å². The lowest BCUT2D eigenvalue weighted by atomic mass is 9.74. The predicted molar refractivity (Wildman–Crippen MR) is 78.2 cm³/mol. The molecule has 0 unspecified atom stereocenters. The van der Waals surface area contributed by atoms with Crippen molar-refractivity contribution in [2.24, 2.45) is 0 Å². The van der Waals surface area contributed by atoms with E-state index in [-0.39, 0.29) is 5.47 Å². The zero-order valence-corrected chi connectivity index (χ0v) is 12.9. The van der Waals surface area contributed by atoms with Crippen molar-refractivity contribution in [2.75, 3.05) is 7.11 Å². The SMILES string of the molecule is COc1ccc(C(B2OC(C)(C)C(C)(C)O2)=C(F)F)cc1. The molecule has 21 heavy (non-hydrogen) atoms. The minimum absolute atomic E-state index is 0.240. The maximum absolute atomic E-state index is 13.4. The molecule has 6 heteroatoms. The molecule has 1 heterocycles. The third kappa shape index (κ3) is 2.96. The lowest BCUT2D eigenvalue weighted by Gasteiger charge is -2.32. The fourth-order valence-electron chi connectivity index (χ4n) is 2.07. The van der Waals surface area contributed by atoms with Gasteiger partial charge in [-0.25, -0.2) is 0 Å². The van der Waals surface area contributed by atoms with Crippen molar-refractivity contribution in [3.63, 3.8) is 0 Å². The van der Waals surface area contributed by atoms with E-state index in [1.807, 2.05) is 27.7 Å². The Bertz CT molecular complexity index is 533. The normalized spacial score (nSPS) is 19.5. The Labute approximate surface area is 124 Å². The third-order valence-electron chi connectivity index (χ3n) is 4.09. The Morgan fingerprint density at radius 2 is 1.48 bits per heavy atom. The molecule has 0 radical (unpaired) electrons. The average molecular weight is 296 g/mol. The van der Waals surface area contributed by atoms with Crippen molar-refractivity contribution in [3.05, 3.63) is 35.9 Å². The van der Waals surface area contributed by atoms with Crippen LogP contribution in [0, 0.1) is 0 Å². The van der Waals surface area contributed by atoms with Gasteiger partial charge in [0.2, 0.25) is 0 Å². The highest BCUT2D eigenvalue weighted by Crippen LogP contribution is 2.41. The summed E-state index contributed by atoms with van der Waals surface area (Å²) in [6, 6.07) is 6.39. The minimum atomic E-state index is -1.81. The molecule has 1 aromatic rings. The summed E-state index contributed by atoms with van der Waals surface area (Å²) in [7, 11) is 0.434. The fraction of sp³-hybridized carbons (Fsp3) is 0.467. The second kappa shape index (κ2) is 5.42. The van der Waals surface area contributed by atoms with Crippen LogP contribution in [0.15, 0.2) is 30.3 Å². The summed E-state index contributed by atoms with van der Waals surface area (Å²) >= 11 is 0. The van der Waals surface area contributed by atoms with Crippen LogP contribution in [-0.4, -0.2) is 25.4 Å². The molecule has 0 N–H and O–H groups in total. The molecule has 0 aromatic heterocycles. The molecule has 2 rings (SSSR count). The second-order valence-electron chi connectivity index (χ2n) is 5.99. The fourth-order valence-corrected chi connectivity index (χ4v) is 2.07. The van der Waals surface area contributed by atoms with Crippen LogP contribution in [0.5, 0.6) is 5.75 Å². The first kappa shape index (κ1) is 16.0. The van der Waals surface area contributed by atoms with E-state index in [2.05, 4.69) is 0 Å². The molecule has 114 valence electrons. The molecule has 1 aromatic carbocycles. The van der Waals surface area contributed by atoms with Gasteiger partial charge in [0.25, 0.3) is 6.08 Å². The smallest absolute Gasteiger partial charge is 0.497 e. The largest absolute Gasteiger partial charge is 0.501 e. The Hall–Kier alpha value is -1.40. The van der Waals surface area contributed by atoms with Crippen LogP contribution in [0.1, 0.15) is 33.3 Å². The highest BCUT2D eigenvalue weighted by atomic mass is 19.3. The molecule has 0 aliphatic carbocycles. The summed E-state index contributed by atoms with van der Waals surface area (Å²) in [6.45, 7) is 7.31. The first-order valence-corrected chi connectivity index (χ1v) is 6.73. The number of halogens is 2. The predicted octanol–water partition coefficient (Wildman–Crippen LogP) is 3.93. The summed E-state index contributed by atoms with van der Waals surface area (Å²) in [5, 5.41) is 0. The highest BCUT2D eigenvalue weighted by Gasteiger charge is 2.53. The van der Waals surface area contributed by atoms with Gasteiger partial charge >= 0.3 is 7.12 Å². The summed E-state index contributed by atoms with van der Waals surface area (Å²) in [5.74, 6) is 0.603. The van der Waals surface area contributed by atoms with Crippen LogP contribution < -0.4 is 4.74 Å².